The molecule has 1 aliphatic heterocycles. The van der Waals surface area contributed by atoms with Crippen LogP contribution >= 0.6 is 11.3 Å². The summed E-state index contributed by atoms with van der Waals surface area (Å²) in [5.41, 5.74) is 3.71. The Balaban J connectivity index is 1.39. The van der Waals surface area contributed by atoms with E-state index >= 15 is 0 Å². The van der Waals surface area contributed by atoms with Gasteiger partial charge in [-0.1, -0.05) is 55.7 Å². The van der Waals surface area contributed by atoms with Gasteiger partial charge in [0.2, 0.25) is 5.91 Å². The van der Waals surface area contributed by atoms with Crippen molar-refractivity contribution in [2.75, 3.05) is 4.90 Å². The number of nitrogens with zero attached hydrogens (tertiary/aromatic N) is 4. The summed E-state index contributed by atoms with van der Waals surface area (Å²) < 4.78 is 1.96. The lowest BCUT2D eigenvalue weighted by Crippen LogP contribution is -2.45. The lowest BCUT2D eigenvalue weighted by molar-refractivity contribution is -0.140. The van der Waals surface area contributed by atoms with Crippen molar-refractivity contribution in [2.24, 2.45) is 0 Å². The van der Waals surface area contributed by atoms with Crippen LogP contribution in [0.4, 0.5) is 5.69 Å². The summed E-state index contributed by atoms with van der Waals surface area (Å²) in [5, 5.41) is 2.02. The summed E-state index contributed by atoms with van der Waals surface area (Å²) in [6.45, 7) is 2.48. The number of hydrogen-bond acceptors (Lipinski definition) is 4. The van der Waals surface area contributed by atoms with Crippen molar-refractivity contribution in [1.82, 2.24) is 14.5 Å². The number of para-hydroxylation sites is 3. The molecule has 0 saturated heterocycles. The van der Waals surface area contributed by atoms with E-state index in [0.29, 0.717) is 6.54 Å². The normalized spacial score (nSPS) is 18.1. The highest BCUT2D eigenvalue weighted by Crippen LogP contribution is 2.43. The number of aryl methyl sites for hydroxylation is 1. The van der Waals surface area contributed by atoms with Crippen LogP contribution in [-0.4, -0.2) is 32.3 Å². The van der Waals surface area contributed by atoms with Crippen molar-refractivity contribution in [3.63, 3.8) is 0 Å². The molecule has 0 radical (unpaired) electrons. The van der Waals surface area contributed by atoms with Gasteiger partial charge in [-0.2, -0.15) is 0 Å². The highest BCUT2D eigenvalue weighted by Gasteiger charge is 2.45. The van der Waals surface area contributed by atoms with Crippen LogP contribution in [0, 0.1) is 6.92 Å². The van der Waals surface area contributed by atoms with Crippen LogP contribution < -0.4 is 4.90 Å². The molecule has 2 aromatic heterocycles. The largest absolute Gasteiger partial charge is 0.320 e. The summed E-state index contributed by atoms with van der Waals surface area (Å²) in [6.07, 6.45) is 5.56. The minimum Gasteiger partial charge on any atom is -0.320 e. The van der Waals surface area contributed by atoms with E-state index < -0.39 is 6.04 Å². The van der Waals surface area contributed by atoms with Gasteiger partial charge in [0.05, 0.1) is 17.6 Å². The van der Waals surface area contributed by atoms with Gasteiger partial charge in [-0.05, 0) is 49.4 Å². The number of imidazole rings is 1. The lowest BCUT2D eigenvalue weighted by atomic mass is 9.94. The number of amides is 2. The Hall–Kier alpha value is -3.45. The summed E-state index contributed by atoms with van der Waals surface area (Å²) in [4.78, 5) is 37.7. The first-order valence-electron chi connectivity index (χ1n) is 12.8. The van der Waals surface area contributed by atoms with Gasteiger partial charge in [-0.25, -0.2) is 4.98 Å². The van der Waals surface area contributed by atoms with E-state index in [-0.39, 0.29) is 24.4 Å². The number of carbonyl (C=O) groups excluding carboxylic acids is 2. The molecule has 0 spiro atoms. The maximum absolute atomic E-state index is 14.1. The Labute approximate surface area is 215 Å². The van der Waals surface area contributed by atoms with E-state index in [2.05, 4.69) is 4.98 Å². The van der Waals surface area contributed by atoms with Crippen molar-refractivity contribution in [2.45, 2.75) is 64.2 Å². The molecular weight excluding hydrogens is 468 g/mol. The van der Waals surface area contributed by atoms with E-state index in [4.69, 9.17) is 0 Å². The lowest BCUT2D eigenvalue weighted by Gasteiger charge is -2.33. The predicted octanol–water partition coefficient (Wildman–Crippen LogP) is 5.86. The second kappa shape index (κ2) is 9.54. The van der Waals surface area contributed by atoms with Crippen molar-refractivity contribution in [3.05, 3.63) is 82.3 Å². The highest BCUT2D eigenvalue weighted by molar-refractivity contribution is 7.09. The minimum absolute atomic E-state index is 0.0280. The third kappa shape index (κ3) is 4.01. The molecule has 2 aliphatic rings. The molecule has 7 heteroatoms. The highest BCUT2D eigenvalue weighted by atomic mass is 32.1. The fourth-order valence-electron chi connectivity index (χ4n) is 5.85. The SMILES string of the molecule is Cc1nc2ccccc2n1CC(=O)N(Cc1cccs1)C1C(=O)N(C2CCCCC2)c2ccccc21. The quantitative estimate of drug-likeness (QED) is 0.335. The number of aromatic nitrogens is 2. The van der Waals surface area contributed by atoms with Gasteiger partial charge in [0.1, 0.15) is 18.4 Å². The molecule has 1 atom stereocenters. The second-order valence-electron chi connectivity index (χ2n) is 9.80. The number of hydrogen-bond donors (Lipinski definition) is 0. The molecule has 6 nitrogen and oxygen atoms in total. The zero-order valence-corrected chi connectivity index (χ0v) is 21.3. The van der Waals surface area contributed by atoms with Crippen LogP contribution in [0.5, 0.6) is 0 Å². The van der Waals surface area contributed by atoms with E-state index in [9.17, 15) is 9.59 Å². The van der Waals surface area contributed by atoms with Gasteiger partial charge >= 0.3 is 0 Å². The van der Waals surface area contributed by atoms with Crippen molar-refractivity contribution >= 4 is 39.9 Å². The Kier molecular flexibility index (Phi) is 6.09. The van der Waals surface area contributed by atoms with Gasteiger partial charge in [0.15, 0.2) is 0 Å². The van der Waals surface area contributed by atoms with E-state index in [1.807, 2.05) is 82.4 Å². The van der Waals surface area contributed by atoms with E-state index in [1.54, 1.807) is 16.2 Å². The predicted molar refractivity (Wildman–Crippen MR) is 143 cm³/mol. The molecule has 1 saturated carbocycles. The first-order chi connectivity index (χ1) is 17.6. The number of benzene rings is 2. The standard InChI is InChI=1S/C29H30N4O2S/c1-20-30-24-14-6-8-16-26(24)31(20)19-27(34)32(18-22-12-9-17-36-22)28-23-13-5-7-15-25(23)33(29(28)35)21-10-3-2-4-11-21/h5-9,12-17,21,28H,2-4,10-11,18-19H2,1H3. The van der Waals surface area contributed by atoms with Crippen LogP contribution in [0.3, 0.4) is 0 Å². The van der Waals surface area contributed by atoms with Crippen LogP contribution in [0.15, 0.2) is 66.0 Å². The fourth-order valence-corrected chi connectivity index (χ4v) is 6.56. The fraction of sp³-hybridized carbons (Fsp3) is 0.345. The Morgan fingerprint density at radius 1 is 1.03 bits per heavy atom. The topological polar surface area (TPSA) is 58.4 Å². The number of anilines is 1. The van der Waals surface area contributed by atoms with Gasteiger partial charge < -0.3 is 14.4 Å². The second-order valence-corrected chi connectivity index (χ2v) is 10.8. The zero-order chi connectivity index (χ0) is 24.6. The summed E-state index contributed by atoms with van der Waals surface area (Å²) in [7, 11) is 0. The van der Waals surface area contributed by atoms with Gasteiger partial charge in [-0.15, -0.1) is 11.3 Å². The molecule has 36 heavy (non-hydrogen) atoms. The Morgan fingerprint density at radius 2 is 1.81 bits per heavy atom. The number of carbonyl (C=O) groups is 2. The maximum Gasteiger partial charge on any atom is 0.254 e. The third-order valence-corrected chi connectivity index (χ3v) is 8.44. The van der Waals surface area contributed by atoms with Crippen LogP contribution in [0.1, 0.15) is 54.4 Å². The van der Waals surface area contributed by atoms with E-state index in [0.717, 1.165) is 58.7 Å². The maximum atomic E-state index is 14.1. The van der Waals surface area contributed by atoms with E-state index in [1.165, 1.54) is 6.42 Å². The average molecular weight is 499 g/mol. The molecule has 0 N–H and O–H groups in total. The van der Waals surface area contributed by atoms with Gasteiger partial charge in [0.25, 0.3) is 5.91 Å². The molecule has 184 valence electrons. The first-order valence-corrected chi connectivity index (χ1v) is 13.7. The zero-order valence-electron chi connectivity index (χ0n) is 20.5. The minimum atomic E-state index is -0.618. The molecule has 1 fully saturated rings. The molecular formula is C29H30N4O2S. The van der Waals surface area contributed by atoms with Crippen molar-refractivity contribution in [3.8, 4) is 0 Å². The molecule has 3 heterocycles. The van der Waals surface area contributed by atoms with Crippen LogP contribution in [-0.2, 0) is 22.7 Å². The monoisotopic (exact) mass is 498 g/mol. The molecule has 0 bridgehead atoms. The molecule has 2 aromatic carbocycles. The van der Waals surface area contributed by atoms with Crippen molar-refractivity contribution < 1.29 is 9.59 Å². The number of thiophene rings is 1. The smallest absolute Gasteiger partial charge is 0.254 e. The molecule has 1 aliphatic carbocycles. The van der Waals surface area contributed by atoms with Gasteiger partial charge in [0, 0.05) is 22.2 Å². The van der Waals surface area contributed by atoms with Crippen LogP contribution in [0.2, 0.25) is 0 Å². The first kappa shape index (κ1) is 23.0. The Morgan fingerprint density at radius 3 is 2.61 bits per heavy atom. The van der Waals surface area contributed by atoms with Crippen LogP contribution in [0.25, 0.3) is 11.0 Å². The van der Waals surface area contributed by atoms with Crippen molar-refractivity contribution in [1.29, 1.82) is 0 Å². The number of rotatable bonds is 6. The average Bonchev–Trinajstić information content (AvgIpc) is 3.60. The third-order valence-electron chi connectivity index (χ3n) is 7.58. The molecule has 1 unspecified atom stereocenters. The molecule has 6 rings (SSSR count). The molecule has 4 aromatic rings. The number of fused-ring (bicyclic) bond motifs is 2. The molecule has 2 amide bonds. The Bertz CT molecular complexity index is 1400. The summed E-state index contributed by atoms with van der Waals surface area (Å²) in [5.74, 6) is 0.746. The summed E-state index contributed by atoms with van der Waals surface area (Å²) in [6, 6.07) is 19.5. The summed E-state index contributed by atoms with van der Waals surface area (Å²) >= 11 is 1.61. The van der Waals surface area contributed by atoms with Gasteiger partial charge in [-0.3, -0.25) is 9.59 Å².